The molecule has 0 aromatic heterocycles. The van der Waals surface area contributed by atoms with E-state index in [-0.39, 0.29) is 24.2 Å². The fourth-order valence-corrected chi connectivity index (χ4v) is 2.22. The lowest BCUT2D eigenvalue weighted by atomic mass is 9.98. The third kappa shape index (κ3) is 3.67. The highest BCUT2D eigenvalue weighted by molar-refractivity contribution is 6.19. The Bertz CT molecular complexity index is 271. The topological polar surface area (TPSA) is 58.2 Å². The number of carbonyl (C=O) groups excluding carboxylic acids is 2. The van der Waals surface area contributed by atoms with Crippen LogP contribution in [0.4, 0.5) is 4.79 Å². The molecule has 0 bridgehead atoms. The molecule has 1 rings (SSSR count). The lowest BCUT2D eigenvalue weighted by molar-refractivity contribution is -0.119. The molecule has 0 saturated heterocycles. The molecule has 1 aliphatic carbocycles. The average molecular weight is 247 g/mol. The van der Waals surface area contributed by atoms with Gasteiger partial charge in [0.1, 0.15) is 0 Å². The fraction of sp³-hybridized carbons (Fsp3) is 0.818. The molecule has 0 heterocycles. The molecular formula is C11H19ClN2O2. The number of urea groups is 1. The molecule has 0 aromatic carbocycles. The zero-order valence-corrected chi connectivity index (χ0v) is 10.5. The fourth-order valence-electron chi connectivity index (χ4n) is 2.05. The van der Waals surface area contributed by atoms with Gasteiger partial charge in [-0.2, -0.15) is 0 Å². The first-order chi connectivity index (χ1) is 7.54. The second-order valence-corrected chi connectivity index (χ2v) is 4.86. The number of halogens is 1. The van der Waals surface area contributed by atoms with Crippen molar-refractivity contribution in [1.82, 2.24) is 10.6 Å². The van der Waals surface area contributed by atoms with Crippen molar-refractivity contribution >= 4 is 23.5 Å². The first-order valence-electron chi connectivity index (χ1n) is 5.71. The number of alkyl halides is 1. The molecule has 1 saturated carbocycles. The quantitative estimate of drug-likeness (QED) is 0.747. The van der Waals surface area contributed by atoms with E-state index >= 15 is 0 Å². The Hall–Kier alpha value is -0.770. The average Bonchev–Trinajstić information content (AvgIpc) is 2.50. The van der Waals surface area contributed by atoms with Gasteiger partial charge in [0.05, 0.1) is 0 Å². The van der Waals surface area contributed by atoms with Gasteiger partial charge in [0, 0.05) is 18.3 Å². The largest absolute Gasteiger partial charge is 0.335 e. The summed E-state index contributed by atoms with van der Waals surface area (Å²) in [5.74, 6) is 1.000. The molecule has 5 heteroatoms. The van der Waals surface area contributed by atoms with Crippen LogP contribution in [0, 0.1) is 11.8 Å². The molecular weight excluding hydrogens is 228 g/mol. The predicted octanol–water partition coefficient (Wildman–Crippen LogP) is 1.88. The van der Waals surface area contributed by atoms with Gasteiger partial charge in [-0.1, -0.05) is 13.8 Å². The summed E-state index contributed by atoms with van der Waals surface area (Å²) in [6.45, 7) is 4.31. The summed E-state index contributed by atoms with van der Waals surface area (Å²) in [5.41, 5.74) is 0. The van der Waals surface area contributed by atoms with Crippen LogP contribution in [0.15, 0.2) is 0 Å². The molecule has 3 unspecified atom stereocenters. The third-order valence-corrected chi connectivity index (χ3v) is 3.55. The van der Waals surface area contributed by atoms with Crippen LogP contribution in [-0.2, 0) is 4.79 Å². The van der Waals surface area contributed by atoms with Crippen molar-refractivity contribution in [1.29, 1.82) is 0 Å². The molecule has 92 valence electrons. The second kappa shape index (κ2) is 6.09. The first-order valence-corrected chi connectivity index (χ1v) is 6.24. The molecule has 4 nitrogen and oxygen atoms in total. The Morgan fingerprint density at radius 1 is 1.31 bits per heavy atom. The highest BCUT2D eigenvalue weighted by Gasteiger charge is 2.30. The maximum absolute atomic E-state index is 11.5. The smallest absolute Gasteiger partial charge is 0.321 e. The number of rotatable bonds is 3. The van der Waals surface area contributed by atoms with Crippen molar-refractivity contribution in [3.63, 3.8) is 0 Å². The van der Waals surface area contributed by atoms with Gasteiger partial charge in [-0.25, -0.2) is 4.79 Å². The van der Waals surface area contributed by atoms with E-state index < -0.39 is 6.03 Å². The van der Waals surface area contributed by atoms with Crippen LogP contribution in [0.25, 0.3) is 0 Å². The Morgan fingerprint density at radius 2 is 2.00 bits per heavy atom. The van der Waals surface area contributed by atoms with Crippen molar-refractivity contribution in [2.45, 2.75) is 39.2 Å². The summed E-state index contributed by atoms with van der Waals surface area (Å²) in [5, 5.41) is 5.10. The minimum atomic E-state index is -0.402. The van der Waals surface area contributed by atoms with E-state index in [0.717, 1.165) is 12.8 Å². The zero-order chi connectivity index (χ0) is 12.1. The Kier molecular flexibility index (Phi) is 5.06. The Morgan fingerprint density at radius 3 is 2.50 bits per heavy atom. The molecule has 2 N–H and O–H groups in total. The zero-order valence-electron chi connectivity index (χ0n) is 9.75. The van der Waals surface area contributed by atoms with Crippen molar-refractivity contribution < 1.29 is 9.59 Å². The molecule has 3 amide bonds. The van der Waals surface area contributed by atoms with Crippen molar-refractivity contribution in [3.05, 3.63) is 0 Å². The molecule has 0 radical (unpaired) electrons. The SMILES string of the molecule is CC1CCC(NC(=O)NC(=O)CCCl)C1C. The van der Waals surface area contributed by atoms with Gasteiger partial charge in [0.25, 0.3) is 0 Å². The number of amides is 3. The van der Waals surface area contributed by atoms with E-state index in [1.54, 1.807) is 0 Å². The van der Waals surface area contributed by atoms with Gasteiger partial charge in [0.2, 0.25) is 5.91 Å². The molecule has 3 atom stereocenters. The second-order valence-electron chi connectivity index (χ2n) is 4.48. The molecule has 1 aliphatic rings. The Labute approximate surface area is 101 Å². The van der Waals surface area contributed by atoms with Gasteiger partial charge in [0.15, 0.2) is 0 Å². The van der Waals surface area contributed by atoms with E-state index in [1.165, 1.54) is 0 Å². The summed E-state index contributed by atoms with van der Waals surface area (Å²) >= 11 is 5.40. The number of nitrogens with one attached hydrogen (secondary N) is 2. The standard InChI is InChI=1S/C11H19ClN2O2/c1-7-3-4-9(8(7)2)13-11(16)14-10(15)5-6-12/h7-9H,3-6H2,1-2H3,(H2,13,14,15,16). The minimum absolute atomic E-state index is 0.172. The van der Waals surface area contributed by atoms with E-state index in [0.29, 0.717) is 11.8 Å². The number of hydrogen-bond donors (Lipinski definition) is 2. The maximum atomic E-state index is 11.5. The van der Waals surface area contributed by atoms with Crippen LogP contribution in [-0.4, -0.2) is 23.9 Å². The van der Waals surface area contributed by atoms with Crippen LogP contribution in [0.2, 0.25) is 0 Å². The maximum Gasteiger partial charge on any atom is 0.321 e. The normalized spacial score (nSPS) is 28.8. The lowest BCUT2D eigenvalue weighted by Gasteiger charge is -2.19. The van der Waals surface area contributed by atoms with Crippen LogP contribution in [0.5, 0.6) is 0 Å². The monoisotopic (exact) mass is 246 g/mol. The molecule has 16 heavy (non-hydrogen) atoms. The number of carbonyl (C=O) groups is 2. The predicted molar refractivity (Wildman–Crippen MR) is 63.4 cm³/mol. The summed E-state index contributed by atoms with van der Waals surface area (Å²) in [6, 6.07) is -0.222. The highest BCUT2D eigenvalue weighted by Crippen LogP contribution is 2.30. The first kappa shape index (κ1) is 13.3. The van der Waals surface area contributed by atoms with Gasteiger partial charge < -0.3 is 5.32 Å². The molecule has 0 aromatic rings. The van der Waals surface area contributed by atoms with E-state index in [4.69, 9.17) is 11.6 Å². The van der Waals surface area contributed by atoms with E-state index in [1.807, 2.05) is 0 Å². The Balaban J connectivity index is 2.32. The van der Waals surface area contributed by atoms with Crippen molar-refractivity contribution in [3.8, 4) is 0 Å². The van der Waals surface area contributed by atoms with Crippen LogP contribution < -0.4 is 10.6 Å². The molecule has 0 spiro atoms. The summed E-state index contributed by atoms with van der Waals surface area (Å²) in [6.07, 6.45) is 2.28. The van der Waals surface area contributed by atoms with Gasteiger partial charge in [-0.05, 0) is 24.7 Å². The van der Waals surface area contributed by atoms with Crippen LogP contribution in [0.1, 0.15) is 33.1 Å². The third-order valence-electron chi connectivity index (χ3n) is 3.36. The summed E-state index contributed by atoms with van der Waals surface area (Å²) in [7, 11) is 0. The van der Waals surface area contributed by atoms with Gasteiger partial charge in [-0.3, -0.25) is 10.1 Å². The van der Waals surface area contributed by atoms with Crippen molar-refractivity contribution in [2.75, 3.05) is 5.88 Å². The van der Waals surface area contributed by atoms with Crippen LogP contribution >= 0.6 is 11.6 Å². The molecule has 0 aliphatic heterocycles. The number of hydrogen-bond acceptors (Lipinski definition) is 2. The number of imide groups is 1. The van der Waals surface area contributed by atoms with Crippen LogP contribution in [0.3, 0.4) is 0 Å². The van der Waals surface area contributed by atoms with Gasteiger partial charge in [-0.15, -0.1) is 11.6 Å². The summed E-state index contributed by atoms with van der Waals surface area (Å²) in [4.78, 5) is 22.6. The lowest BCUT2D eigenvalue weighted by Crippen LogP contribution is -2.45. The van der Waals surface area contributed by atoms with E-state index in [2.05, 4.69) is 24.5 Å². The van der Waals surface area contributed by atoms with Gasteiger partial charge >= 0.3 is 6.03 Å². The summed E-state index contributed by atoms with van der Waals surface area (Å²) < 4.78 is 0. The minimum Gasteiger partial charge on any atom is -0.335 e. The molecule has 1 fully saturated rings. The highest BCUT2D eigenvalue weighted by atomic mass is 35.5. The van der Waals surface area contributed by atoms with Crippen molar-refractivity contribution in [2.24, 2.45) is 11.8 Å². The van der Waals surface area contributed by atoms with E-state index in [9.17, 15) is 9.59 Å².